The molecule has 0 fully saturated rings. The number of ether oxygens (including phenoxy) is 2. The number of benzene rings is 1. The van der Waals surface area contributed by atoms with Crippen molar-refractivity contribution in [3.63, 3.8) is 0 Å². The second kappa shape index (κ2) is 9.53. The second-order valence-corrected chi connectivity index (χ2v) is 6.44. The van der Waals surface area contributed by atoms with E-state index in [1.807, 2.05) is 0 Å². The van der Waals surface area contributed by atoms with Gasteiger partial charge in [-0.1, -0.05) is 0 Å². The molecule has 10 heteroatoms. The van der Waals surface area contributed by atoms with E-state index in [0.29, 0.717) is 22.7 Å². The maximum Gasteiger partial charge on any atom is 0.311 e. The fourth-order valence-corrected chi connectivity index (χ4v) is 2.87. The first-order valence-corrected chi connectivity index (χ1v) is 9.24. The van der Waals surface area contributed by atoms with E-state index in [2.05, 4.69) is 20.6 Å². The van der Waals surface area contributed by atoms with Gasteiger partial charge < -0.3 is 9.47 Å². The lowest BCUT2D eigenvalue weighted by Crippen LogP contribution is -2.24. The fraction of sp³-hybridized carbons (Fsp3) is 0.190. The van der Waals surface area contributed by atoms with E-state index in [1.165, 1.54) is 18.0 Å². The molecule has 0 saturated heterocycles. The van der Waals surface area contributed by atoms with E-state index in [0.717, 1.165) is 0 Å². The van der Waals surface area contributed by atoms with Gasteiger partial charge in [0.2, 0.25) is 0 Å². The van der Waals surface area contributed by atoms with Crippen LogP contribution in [0.25, 0.3) is 5.69 Å². The van der Waals surface area contributed by atoms with Crippen LogP contribution in [0.4, 0.5) is 0 Å². The highest BCUT2D eigenvalue weighted by atomic mass is 16.5. The SMILES string of the molecule is COC(=O)Cc1[nH]n(-c2ccc(OC)cc2)c(=O)c1C(C)=NNC(=O)c1cccnc1. The molecule has 0 aliphatic carbocycles. The summed E-state index contributed by atoms with van der Waals surface area (Å²) in [5.41, 5.74) is 3.52. The highest BCUT2D eigenvalue weighted by Crippen LogP contribution is 2.15. The quantitative estimate of drug-likeness (QED) is 0.336. The number of pyridine rings is 1. The maximum absolute atomic E-state index is 13.1. The third-order valence-electron chi connectivity index (χ3n) is 4.46. The van der Waals surface area contributed by atoms with Gasteiger partial charge in [-0.05, 0) is 43.3 Å². The molecular weight excluding hydrogens is 402 g/mol. The zero-order valence-electron chi connectivity index (χ0n) is 17.2. The molecule has 2 aromatic heterocycles. The van der Waals surface area contributed by atoms with Gasteiger partial charge in [-0.2, -0.15) is 5.10 Å². The molecule has 1 amide bonds. The number of H-pyrrole nitrogens is 1. The van der Waals surface area contributed by atoms with Crippen LogP contribution in [-0.4, -0.2) is 46.6 Å². The lowest BCUT2D eigenvalue weighted by Gasteiger charge is -2.03. The van der Waals surface area contributed by atoms with Gasteiger partial charge in [-0.15, -0.1) is 0 Å². The Kier molecular flexibility index (Phi) is 6.61. The molecular formula is C21H21N5O5. The Hall–Kier alpha value is -4.21. The average Bonchev–Trinajstić information content (AvgIpc) is 3.13. The van der Waals surface area contributed by atoms with E-state index in [9.17, 15) is 14.4 Å². The summed E-state index contributed by atoms with van der Waals surface area (Å²) in [6.45, 7) is 1.56. The van der Waals surface area contributed by atoms with E-state index in [-0.39, 0.29) is 17.7 Å². The normalized spacial score (nSPS) is 11.1. The third-order valence-corrected chi connectivity index (χ3v) is 4.46. The van der Waals surface area contributed by atoms with Gasteiger partial charge in [-0.25, -0.2) is 10.1 Å². The summed E-state index contributed by atoms with van der Waals surface area (Å²) in [7, 11) is 2.80. The Labute approximate surface area is 177 Å². The number of hydrogen-bond acceptors (Lipinski definition) is 7. The van der Waals surface area contributed by atoms with E-state index in [1.54, 1.807) is 56.6 Å². The molecule has 0 aliphatic rings. The maximum atomic E-state index is 13.1. The van der Waals surface area contributed by atoms with Crippen molar-refractivity contribution >= 4 is 17.6 Å². The van der Waals surface area contributed by atoms with E-state index >= 15 is 0 Å². The molecule has 3 rings (SSSR count). The van der Waals surface area contributed by atoms with Crippen LogP contribution < -0.4 is 15.7 Å². The summed E-state index contributed by atoms with van der Waals surface area (Å²) in [5.74, 6) is -0.376. The number of nitrogens with one attached hydrogen (secondary N) is 2. The molecule has 160 valence electrons. The number of rotatable bonds is 7. The topological polar surface area (TPSA) is 128 Å². The average molecular weight is 423 g/mol. The van der Waals surface area contributed by atoms with Gasteiger partial charge in [0.15, 0.2) is 0 Å². The van der Waals surface area contributed by atoms with Crippen molar-refractivity contribution in [1.82, 2.24) is 20.2 Å². The molecule has 10 nitrogen and oxygen atoms in total. The number of hydrazone groups is 1. The molecule has 0 radical (unpaired) electrons. The Bertz CT molecular complexity index is 1160. The molecule has 0 spiro atoms. The minimum absolute atomic E-state index is 0.160. The molecule has 0 bridgehead atoms. The van der Waals surface area contributed by atoms with Crippen molar-refractivity contribution in [2.24, 2.45) is 5.10 Å². The number of hydrogen-bond donors (Lipinski definition) is 2. The van der Waals surface area contributed by atoms with Crippen LogP contribution in [0.1, 0.15) is 28.5 Å². The van der Waals surface area contributed by atoms with Gasteiger partial charge in [0, 0.05) is 12.4 Å². The van der Waals surface area contributed by atoms with Crippen LogP contribution in [0.15, 0.2) is 58.7 Å². The lowest BCUT2D eigenvalue weighted by atomic mass is 10.1. The molecule has 2 N–H and O–H groups in total. The number of carbonyl (C=O) groups excluding carboxylic acids is 2. The number of amides is 1. The van der Waals surface area contributed by atoms with Gasteiger partial charge in [0.05, 0.1) is 48.9 Å². The Morgan fingerprint density at radius 2 is 1.94 bits per heavy atom. The van der Waals surface area contributed by atoms with E-state index in [4.69, 9.17) is 9.47 Å². The van der Waals surface area contributed by atoms with Gasteiger partial charge in [0.25, 0.3) is 11.5 Å². The minimum Gasteiger partial charge on any atom is -0.497 e. The number of aromatic amines is 1. The monoisotopic (exact) mass is 423 g/mol. The highest BCUT2D eigenvalue weighted by molar-refractivity contribution is 6.02. The fourth-order valence-electron chi connectivity index (χ4n) is 2.87. The first-order chi connectivity index (χ1) is 14.9. The van der Waals surface area contributed by atoms with Crippen molar-refractivity contribution in [3.8, 4) is 11.4 Å². The zero-order chi connectivity index (χ0) is 22.4. The predicted octanol–water partition coefficient (Wildman–Crippen LogP) is 1.44. The first kappa shape index (κ1) is 21.5. The van der Waals surface area contributed by atoms with Crippen LogP contribution >= 0.6 is 0 Å². The molecule has 0 saturated carbocycles. The number of esters is 1. The second-order valence-electron chi connectivity index (χ2n) is 6.44. The van der Waals surface area contributed by atoms with Crippen LogP contribution in [0, 0.1) is 0 Å². The largest absolute Gasteiger partial charge is 0.497 e. The summed E-state index contributed by atoms with van der Waals surface area (Å²) in [6.07, 6.45) is 2.77. The number of nitrogens with zero attached hydrogens (tertiary/aromatic N) is 3. The highest BCUT2D eigenvalue weighted by Gasteiger charge is 2.21. The van der Waals surface area contributed by atoms with Crippen LogP contribution in [0.5, 0.6) is 5.75 Å². The van der Waals surface area contributed by atoms with Crippen molar-refractivity contribution in [1.29, 1.82) is 0 Å². The lowest BCUT2D eigenvalue weighted by molar-refractivity contribution is -0.139. The summed E-state index contributed by atoms with van der Waals surface area (Å²) in [6, 6.07) is 10.0. The third kappa shape index (κ3) is 4.86. The summed E-state index contributed by atoms with van der Waals surface area (Å²) < 4.78 is 11.2. The molecule has 0 atom stereocenters. The summed E-state index contributed by atoms with van der Waals surface area (Å²) in [5, 5.41) is 6.97. The number of carbonyl (C=O) groups is 2. The van der Waals surface area contributed by atoms with Gasteiger partial charge in [0.1, 0.15) is 5.75 Å². The summed E-state index contributed by atoms with van der Waals surface area (Å²) >= 11 is 0. The smallest absolute Gasteiger partial charge is 0.311 e. The standard InChI is InChI=1S/C21H21N5O5/c1-13(23-24-20(28)14-5-4-10-22-12-14)19-17(11-18(27)31-3)25-26(21(19)29)15-6-8-16(30-2)9-7-15/h4-10,12,25H,11H2,1-3H3,(H,24,28). The molecule has 31 heavy (non-hydrogen) atoms. The number of aromatic nitrogens is 3. The number of methoxy groups -OCH3 is 2. The Morgan fingerprint density at radius 3 is 2.55 bits per heavy atom. The molecule has 0 aliphatic heterocycles. The minimum atomic E-state index is -0.531. The predicted molar refractivity (Wildman–Crippen MR) is 113 cm³/mol. The first-order valence-electron chi connectivity index (χ1n) is 9.24. The molecule has 0 unspecified atom stereocenters. The van der Waals surface area contributed by atoms with Crippen LogP contribution in [0.3, 0.4) is 0 Å². The molecule has 1 aromatic carbocycles. The van der Waals surface area contributed by atoms with Crippen molar-refractivity contribution in [2.45, 2.75) is 13.3 Å². The van der Waals surface area contributed by atoms with Crippen molar-refractivity contribution in [2.75, 3.05) is 14.2 Å². The molecule has 3 aromatic rings. The Balaban J connectivity index is 1.98. The van der Waals surface area contributed by atoms with Gasteiger partial charge >= 0.3 is 5.97 Å². The van der Waals surface area contributed by atoms with Crippen LogP contribution in [0.2, 0.25) is 0 Å². The van der Waals surface area contributed by atoms with Gasteiger partial charge in [-0.3, -0.25) is 24.5 Å². The van der Waals surface area contributed by atoms with Crippen molar-refractivity contribution in [3.05, 3.63) is 76.0 Å². The molecule has 2 heterocycles. The zero-order valence-corrected chi connectivity index (χ0v) is 17.2. The summed E-state index contributed by atoms with van der Waals surface area (Å²) in [4.78, 5) is 41.1. The van der Waals surface area contributed by atoms with E-state index < -0.39 is 17.4 Å². The van der Waals surface area contributed by atoms with Crippen molar-refractivity contribution < 1.29 is 19.1 Å². The van der Waals surface area contributed by atoms with Crippen LogP contribution in [-0.2, 0) is 16.0 Å². The Morgan fingerprint density at radius 1 is 1.19 bits per heavy atom.